The van der Waals surface area contributed by atoms with Crippen molar-refractivity contribution >= 4 is 11.5 Å². The first-order valence-corrected chi connectivity index (χ1v) is 5.14. The summed E-state index contributed by atoms with van der Waals surface area (Å²) < 4.78 is 4.83. The van der Waals surface area contributed by atoms with E-state index in [1.54, 1.807) is 7.11 Å². The molecule has 0 saturated heterocycles. The van der Waals surface area contributed by atoms with E-state index in [9.17, 15) is 4.79 Å². The maximum atomic E-state index is 11.5. The Balaban J connectivity index is 2.04. The summed E-state index contributed by atoms with van der Waals surface area (Å²) in [6, 6.07) is 8.15. The molecule has 1 N–H and O–H groups in total. The van der Waals surface area contributed by atoms with Crippen molar-refractivity contribution in [3.63, 3.8) is 0 Å². The molecular formula is C12H15NO2. The highest BCUT2D eigenvalue weighted by Gasteiger charge is 2.23. The predicted octanol–water partition coefficient (Wildman–Crippen LogP) is 1.80. The molecule has 2 rings (SSSR count). The molecule has 1 unspecified atom stereocenters. The van der Waals surface area contributed by atoms with E-state index in [-0.39, 0.29) is 12.4 Å². The molecule has 1 aromatic rings. The van der Waals surface area contributed by atoms with Crippen molar-refractivity contribution in [2.45, 2.75) is 12.3 Å². The van der Waals surface area contributed by atoms with Gasteiger partial charge in [-0.3, -0.25) is 4.79 Å². The molecule has 0 saturated carbocycles. The first-order chi connectivity index (χ1) is 7.31. The van der Waals surface area contributed by atoms with Gasteiger partial charge in [0, 0.05) is 31.7 Å². The fourth-order valence-electron chi connectivity index (χ4n) is 2.03. The number of hydrogen-bond acceptors (Lipinski definition) is 3. The van der Waals surface area contributed by atoms with Gasteiger partial charge in [-0.15, -0.1) is 0 Å². The highest BCUT2D eigenvalue weighted by atomic mass is 16.5. The van der Waals surface area contributed by atoms with E-state index in [0.29, 0.717) is 12.3 Å². The smallest absolute Gasteiger partial charge is 0.159 e. The molecule has 15 heavy (non-hydrogen) atoms. The Hall–Kier alpha value is -1.35. The molecule has 80 valence electrons. The first kappa shape index (κ1) is 10.2. The van der Waals surface area contributed by atoms with E-state index in [1.807, 2.05) is 12.1 Å². The zero-order valence-electron chi connectivity index (χ0n) is 8.82. The van der Waals surface area contributed by atoms with Gasteiger partial charge in [0.25, 0.3) is 0 Å². The molecule has 0 radical (unpaired) electrons. The molecule has 0 bridgehead atoms. The molecule has 0 fully saturated rings. The summed E-state index contributed by atoms with van der Waals surface area (Å²) in [6.45, 7) is 1.08. The highest BCUT2D eigenvalue weighted by Crippen LogP contribution is 2.33. The van der Waals surface area contributed by atoms with Crippen LogP contribution in [0.4, 0.5) is 5.69 Å². The maximum Gasteiger partial charge on any atom is 0.159 e. The van der Waals surface area contributed by atoms with Crippen molar-refractivity contribution in [3.8, 4) is 0 Å². The molecule has 0 amide bonds. The van der Waals surface area contributed by atoms with Gasteiger partial charge in [-0.2, -0.15) is 0 Å². The van der Waals surface area contributed by atoms with E-state index in [2.05, 4.69) is 17.4 Å². The summed E-state index contributed by atoms with van der Waals surface area (Å²) in [5, 5.41) is 3.30. The number of Topliss-reactive ketones (excluding diaryl/α,β-unsaturated/α-hetero) is 1. The van der Waals surface area contributed by atoms with Gasteiger partial charge in [-0.05, 0) is 11.6 Å². The van der Waals surface area contributed by atoms with Gasteiger partial charge in [-0.1, -0.05) is 18.2 Å². The third-order valence-electron chi connectivity index (χ3n) is 2.72. The number of ether oxygens (including phenoxy) is 1. The summed E-state index contributed by atoms with van der Waals surface area (Å²) >= 11 is 0. The van der Waals surface area contributed by atoms with E-state index in [0.717, 1.165) is 12.2 Å². The average Bonchev–Trinajstić information content (AvgIpc) is 2.62. The van der Waals surface area contributed by atoms with Crippen LogP contribution in [0, 0.1) is 0 Å². The van der Waals surface area contributed by atoms with Crippen LogP contribution in [-0.4, -0.2) is 26.0 Å². The first-order valence-electron chi connectivity index (χ1n) is 5.14. The molecule has 0 aromatic heterocycles. The molecule has 1 atom stereocenters. The van der Waals surface area contributed by atoms with E-state index < -0.39 is 0 Å². The lowest BCUT2D eigenvalue weighted by Crippen LogP contribution is -2.13. The van der Waals surface area contributed by atoms with Crippen LogP contribution in [0.1, 0.15) is 17.9 Å². The topological polar surface area (TPSA) is 38.3 Å². The Labute approximate surface area is 89.4 Å². The third-order valence-corrected chi connectivity index (χ3v) is 2.72. The van der Waals surface area contributed by atoms with Crippen molar-refractivity contribution < 1.29 is 9.53 Å². The van der Waals surface area contributed by atoms with Crippen molar-refractivity contribution in [2.24, 2.45) is 0 Å². The molecule has 3 heteroatoms. The van der Waals surface area contributed by atoms with Crippen LogP contribution < -0.4 is 5.32 Å². The molecule has 1 aromatic carbocycles. The van der Waals surface area contributed by atoms with Gasteiger partial charge < -0.3 is 10.1 Å². The second-order valence-electron chi connectivity index (χ2n) is 3.84. The number of carbonyl (C=O) groups excluding carboxylic acids is 1. The van der Waals surface area contributed by atoms with Gasteiger partial charge in [0.1, 0.15) is 6.61 Å². The number of ketones is 1. The number of nitrogens with one attached hydrogen (secondary N) is 1. The van der Waals surface area contributed by atoms with Crippen LogP contribution in [0.2, 0.25) is 0 Å². The molecule has 0 aliphatic carbocycles. The number of methoxy groups -OCH3 is 1. The van der Waals surface area contributed by atoms with Gasteiger partial charge in [0.15, 0.2) is 5.78 Å². The number of hydrogen-bond donors (Lipinski definition) is 1. The number of carbonyl (C=O) groups is 1. The molecule has 1 heterocycles. The SMILES string of the molecule is COCC(=O)CC1CNc2ccccc21. The average molecular weight is 205 g/mol. The summed E-state index contributed by atoms with van der Waals surface area (Å²) in [7, 11) is 1.55. The van der Waals surface area contributed by atoms with Crippen LogP contribution in [0.5, 0.6) is 0 Å². The van der Waals surface area contributed by atoms with Crippen LogP contribution >= 0.6 is 0 Å². The van der Waals surface area contributed by atoms with E-state index >= 15 is 0 Å². The van der Waals surface area contributed by atoms with Crippen molar-refractivity contribution in [3.05, 3.63) is 29.8 Å². The molecule has 1 aliphatic rings. The summed E-state index contributed by atoms with van der Waals surface area (Å²) in [4.78, 5) is 11.5. The molecule has 0 spiro atoms. The Morgan fingerprint density at radius 3 is 3.13 bits per heavy atom. The zero-order chi connectivity index (χ0) is 10.7. The minimum absolute atomic E-state index is 0.168. The van der Waals surface area contributed by atoms with Crippen LogP contribution in [0.3, 0.4) is 0 Å². The van der Waals surface area contributed by atoms with Crippen LogP contribution in [0.25, 0.3) is 0 Å². The third kappa shape index (κ3) is 2.18. The number of rotatable bonds is 4. The molecule has 3 nitrogen and oxygen atoms in total. The number of para-hydroxylation sites is 1. The lowest BCUT2D eigenvalue weighted by atomic mass is 9.96. The number of benzene rings is 1. The lowest BCUT2D eigenvalue weighted by molar-refractivity contribution is -0.122. The quantitative estimate of drug-likeness (QED) is 0.814. The summed E-state index contributed by atoms with van der Waals surface area (Å²) in [5.74, 6) is 0.477. The van der Waals surface area contributed by atoms with Gasteiger partial charge in [0.2, 0.25) is 0 Å². The minimum Gasteiger partial charge on any atom is -0.384 e. The largest absolute Gasteiger partial charge is 0.384 e. The summed E-state index contributed by atoms with van der Waals surface area (Å²) in [5.41, 5.74) is 2.41. The summed E-state index contributed by atoms with van der Waals surface area (Å²) in [6.07, 6.45) is 0.567. The minimum atomic E-state index is 0.168. The Morgan fingerprint density at radius 1 is 1.53 bits per heavy atom. The van der Waals surface area contributed by atoms with Gasteiger partial charge in [0.05, 0.1) is 0 Å². The standard InChI is InChI=1S/C12H15NO2/c1-15-8-10(14)6-9-7-13-12-5-3-2-4-11(9)12/h2-5,9,13H,6-8H2,1H3. The van der Waals surface area contributed by atoms with E-state index in [1.165, 1.54) is 5.56 Å². The van der Waals surface area contributed by atoms with Crippen molar-refractivity contribution in [1.82, 2.24) is 0 Å². The monoisotopic (exact) mass is 205 g/mol. The number of fused-ring (bicyclic) bond motifs is 1. The van der Waals surface area contributed by atoms with Gasteiger partial charge >= 0.3 is 0 Å². The Kier molecular flexibility index (Phi) is 3.02. The van der Waals surface area contributed by atoms with Crippen LogP contribution in [0.15, 0.2) is 24.3 Å². The number of anilines is 1. The second kappa shape index (κ2) is 4.45. The normalized spacial score (nSPS) is 18.3. The Morgan fingerprint density at radius 2 is 2.33 bits per heavy atom. The fourth-order valence-corrected chi connectivity index (χ4v) is 2.03. The fraction of sp³-hybridized carbons (Fsp3) is 0.417. The zero-order valence-corrected chi connectivity index (χ0v) is 8.82. The van der Waals surface area contributed by atoms with Crippen molar-refractivity contribution in [1.29, 1.82) is 0 Å². The molecule has 1 aliphatic heterocycles. The predicted molar refractivity (Wildman–Crippen MR) is 59.2 cm³/mol. The molecular weight excluding hydrogens is 190 g/mol. The lowest BCUT2D eigenvalue weighted by Gasteiger charge is -2.08. The Bertz CT molecular complexity index is 362. The van der Waals surface area contributed by atoms with Gasteiger partial charge in [-0.25, -0.2) is 0 Å². The second-order valence-corrected chi connectivity index (χ2v) is 3.84. The van der Waals surface area contributed by atoms with Crippen molar-refractivity contribution in [2.75, 3.05) is 25.6 Å². The maximum absolute atomic E-state index is 11.5. The highest BCUT2D eigenvalue weighted by molar-refractivity contribution is 5.81. The van der Waals surface area contributed by atoms with E-state index in [4.69, 9.17) is 4.74 Å². The van der Waals surface area contributed by atoms with Crippen LogP contribution in [-0.2, 0) is 9.53 Å².